The molecule has 0 spiro atoms. The maximum Gasteiger partial charge on any atom is 0.165 e. The summed E-state index contributed by atoms with van der Waals surface area (Å²) in [7, 11) is 1.67. The van der Waals surface area contributed by atoms with Gasteiger partial charge in [-0.25, -0.2) is 0 Å². The second-order valence-corrected chi connectivity index (χ2v) is 4.35. The Bertz CT molecular complexity index is 529. The van der Waals surface area contributed by atoms with Crippen LogP contribution >= 0.6 is 0 Å². The molecule has 1 aromatic heterocycles. The Morgan fingerprint density at radius 3 is 2.75 bits per heavy atom. The second kappa shape index (κ2) is 7.50. The molecule has 0 saturated heterocycles. The molecule has 0 atom stereocenters. The van der Waals surface area contributed by atoms with Gasteiger partial charge in [-0.1, -0.05) is 18.2 Å². The van der Waals surface area contributed by atoms with Crippen molar-refractivity contribution < 1.29 is 9.47 Å². The van der Waals surface area contributed by atoms with Crippen LogP contribution in [0.2, 0.25) is 0 Å². The number of hydrogen-bond acceptors (Lipinski definition) is 4. The fraction of sp³-hybridized carbons (Fsp3) is 0.312. The van der Waals surface area contributed by atoms with Crippen LogP contribution in [0, 0.1) is 0 Å². The van der Waals surface area contributed by atoms with Crippen molar-refractivity contribution in [1.29, 1.82) is 0 Å². The van der Waals surface area contributed by atoms with Crippen molar-refractivity contribution in [2.45, 2.75) is 20.0 Å². The van der Waals surface area contributed by atoms with E-state index in [1.807, 2.05) is 43.5 Å². The van der Waals surface area contributed by atoms with Crippen LogP contribution in [0.25, 0.3) is 0 Å². The van der Waals surface area contributed by atoms with Gasteiger partial charge in [0.1, 0.15) is 0 Å². The summed E-state index contributed by atoms with van der Waals surface area (Å²) in [4.78, 5) is 4.10. The van der Waals surface area contributed by atoms with Gasteiger partial charge in [0.05, 0.1) is 13.7 Å². The molecule has 20 heavy (non-hydrogen) atoms. The molecular weight excluding hydrogens is 252 g/mol. The Balaban J connectivity index is 2.00. The topological polar surface area (TPSA) is 43.4 Å². The highest BCUT2D eigenvalue weighted by atomic mass is 16.5. The Hall–Kier alpha value is -2.07. The minimum atomic E-state index is 0.628. The molecule has 0 bridgehead atoms. The van der Waals surface area contributed by atoms with Gasteiger partial charge in [0.2, 0.25) is 0 Å². The lowest BCUT2D eigenvalue weighted by Gasteiger charge is -2.14. The van der Waals surface area contributed by atoms with Crippen molar-refractivity contribution in [3.05, 3.63) is 53.9 Å². The number of para-hydroxylation sites is 1. The van der Waals surface area contributed by atoms with Crippen molar-refractivity contribution >= 4 is 0 Å². The molecule has 0 saturated carbocycles. The normalized spacial score (nSPS) is 10.3. The van der Waals surface area contributed by atoms with Crippen LogP contribution in [0.3, 0.4) is 0 Å². The van der Waals surface area contributed by atoms with Gasteiger partial charge in [0, 0.05) is 31.0 Å². The van der Waals surface area contributed by atoms with Gasteiger partial charge >= 0.3 is 0 Å². The summed E-state index contributed by atoms with van der Waals surface area (Å²) in [5.41, 5.74) is 2.25. The molecule has 2 rings (SSSR count). The quantitative estimate of drug-likeness (QED) is 0.841. The molecule has 0 aliphatic carbocycles. The fourth-order valence-corrected chi connectivity index (χ4v) is 2.05. The molecule has 0 amide bonds. The van der Waals surface area contributed by atoms with Crippen molar-refractivity contribution in [1.82, 2.24) is 10.3 Å². The lowest BCUT2D eigenvalue weighted by atomic mass is 10.1. The lowest BCUT2D eigenvalue weighted by molar-refractivity contribution is 0.308. The van der Waals surface area contributed by atoms with Crippen molar-refractivity contribution in [2.24, 2.45) is 0 Å². The number of rotatable bonds is 7. The highest BCUT2D eigenvalue weighted by molar-refractivity contribution is 5.46. The van der Waals surface area contributed by atoms with E-state index < -0.39 is 0 Å². The third-order valence-electron chi connectivity index (χ3n) is 2.93. The third kappa shape index (κ3) is 3.71. The Morgan fingerprint density at radius 1 is 1.15 bits per heavy atom. The Labute approximate surface area is 119 Å². The molecule has 0 radical (unpaired) electrons. The van der Waals surface area contributed by atoms with Gasteiger partial charge < -0.3 is 14.8 Å². The van der Waals surface area contributed by atoms with E-state index >= 15 is 0 Å². The van der Waals surface area contributed by atoms with Gasteiger partial charge in [-0.15, -0.1) is 0 Å². The first-order valence-corrected chi connectivity index (χ1v) is 6.73. The van der Waals surface area contributed by atoms with E-state index in [9.17, 15) is 0 Å². The summed E-state index contributed by atoms with van der Waals surface area (Å²) >= 11 is 0. The maximum atomic E-state index is 5.57. The summed E-state index contributed by atoms with van der Waals surface area (Å²) in [5.74, 6) is 1.59. The molecule has 0 fully saturated rings. The van der Waals surface area contributed by atoms with E-state index in [4.69, 9.17) is 9.47 Å². The van der Waals surface area contributed by atoms with Gasteiger partial charge in [0.15, 0.2) is 11.5 Å². The number of methoxy groups -OCH3 is 1. The molecule has 1 N–H and O–H groups in total. The lowest BCUT2D eigenvalue weighted by Crippen LogP contribution is -2.13. The second-order valence-electron chi connectivity index (χ2n) is 4.35. The van der Waals surface area contributed by atoms with E-state index in [-0.39, 0.29) is 0 Å². The molecule has 106 valence electrons. The van der Waals surface area contributed by atoms with E-state index in [1.165, 1.54) is 0 Å². The molecular formula is C16H20N2O2. The maximum absolute atomic E-state index is 5.57. The van der Waals surface area contributed by atoms with E-state index in [0.717, 1.165) is 35.7 Å². The van der Waals surface area contributed by atoms with Crippen LogP contribution < -0.4 is 14.8 Å². The summed E-state index contributed by atoms with van der Waals surface area (Å²) in [6.07, 6.45) is 3.64. The Kier molecular flexibility index (Phi) is 5.38. The molecule has 1 aromatic carbocycles. The first kappa shape index (κ1) is 14.3. The number of pyridine rings is 1. The van der Waals surface area contributed by atoms with Crippen molar-refractivity contribution in [3.63, 3.8) is 0 Å². The van der Waals surface area contributed by atoms with Crippen LogP contribution in [0.5, 0.6) is 11.5 Å². The third-order valence-corrected chi connectivity index (χ3v) is 2.93. The molecule has 2 aromatic rings. The van der Waals surface area contributed by atoms with Crippen LogP contribution in [0.15, 0.2) is 42.7 Å². The first-order valence-electron chi connectivity index (χ1n) is 6.73. The van der Waals surface area contributed by atoms with Crippen LogP contribution in [-0.4, -0.2) is 18.7 Å². The van der Waals surface area contributed by atoms with Crippen LogP contribution in [-0.2, 0) is 13.1 Å². The number of aromatic nitrogens is 1. The first-order chi connectivity index (χ1) is 9.85. The molecule has 1 heterocycles. The average Bonchev–Trinajstić information content (AvgIpc) is 2.49. The summed E-state index contributed by atoms with van der Waals surface area (Å²) in [6.45, 7) is 4.09. The monoisotopic (exact) mass is 272 g/mol. The molecule has 4 heteroatoms. The molecule has 0 aliphatic rings. The van der Waals surface area contributed by atoms with E-state index in [0.29, 0.717) is 6.61 Å². The van der Waals surface area contributed by atoms with Crippen LogP contribution in [0.1, 0.15) is 18.1 Å². The fourth-order valence-electron chi connectivity index (χ4n) is 2.05. The van der Waals surface area contributed by atoms with Gasteiger partial charge in [-0.05, 0) is 24.6 Å². The number of benzene rings is 1. The number of ether oxygens (including phenoxy) is 2. The zero-order valence-electron chi connectivity index (χ0n) is 11.9. The Morgan fingerprint density at radius 2 is 2.05 bits per heavy atom. The molecule has 4 nitrogen and oxygen atoms in total. The average molecular weight is 272 g/mol. The number of nitrogens with one attached hydrogen (secondary N) is 1. The SMILES string of the molecule is CCOc1cccc(CNCc2cccnc2)c1OC. The van der Waals surface area contributed by atoms with Crippen molar-refractivity contribution in [3.8, 4) is 11.5 Å². The minimum absolute atomic E-state index is 0.628. The number of hydrogen-bond donors (Lipinski definition) is 1. The largest absolute Gasteiger partial charge is 0.493 e. The molecule has 0 aliphatic heterocycles. The van der Waals surface area contributed by atoms with Crippen molar-refractivity contribution in [2.75, 3.05) is 13.7 Å². The van der Waals surface area contributed by atoms with Crippen LogP contribution in [0.4, 0.5) is 0 Å². The zero-order chi connectivity index (χ0) is 14.2. The highest BCUT2D eigenvalue weighted by Crippen LogP contribution is 2.30. The van der Waals surface area contributed by atoms with Gasteiger partial charge in [0.25, 0.3) is 0 Å². The van der Waals surface area contributed by atoms with Gasteiger partial charge in [-0.3, -0.25) is 4.98 Å². The highest BCUT2D eigenvalue weighted by Gasteiger charge is 2.09. The van der Waals surface area contributed by atoms with E-state index in [2.05, 4.69) is 10.3 Å². The van der Waals surface area contributed by atoms with Gasteiger partial charge in [-0.2, -0.15) is 0 Å². The zero-order valence-corrected chi connectivity index (χ0v) is 11.9. The summed E-state index contributed by atoms with van der Waals surface area (Å²) < 4.78 is 11.0. The summed E-state index contributed by atoms with van der Waals surface area (Å²) in [5, 5.41) is 3.39. The smallest absolute Gasteiger partial charge is 0.165 e. The van der Waals surface area contributed by atoms with E-state index in [1.54, 1.807) is 13.3 Å². The minimum Gasteiger partial charge on any atom is -0.493 e. The standard InChI is InChI=1S/C16H20N2O2/c1-3-20-15-8-4-7-14(16(15)19-2)12-18-11-13-6-5-9-17-10-13/h4-10,18H,3,11-12H2,1-2H3. The predicted octanol–water partition coefficient (Wildman–Crippen LogP) is 2.78. The number of nitrogens with zero attached hydrogens (tertiary/aromatic N) is 1. The molecule has 0 unspecified atom stereocenters. The summed E-state index contributed by atoms with van der Waals surface area (Å²) in [6, 6.07) is 9.93. The predicted molar refractivity (Wildman–Crippen MR) is 78.9 cm³/mol.